The molecule has 86 valence electrons. The fourth-order valence-corrected chi connectivity index (χ4v) is 2.03. The number of carbonyl (C=O) groups excluding carboxylic acids is 1. The third-order valence-electron chi connectivity index (χ3n) is 3.10. The minimum Gasteiger partial charge on any atom is -0.465 e. The Bertz CT molecular complexity index is 412. The number of esters is 1. The molecule has 0 aliphatic carbocycles. The van der Waals surface area contributed by atoms with E-state index in [1.165, 1.54) is 18.2 Å². The van der Waals surface area contributed by atoms with E-state index in [9.17, 15) is 4.79 Å². The molecule has 0 atom stereocenters. The van der Waals surface area contributed by atoms with Gasteiger partial charge in [-0.05, 0) is 37.1 Å². The van der Waals surface area contributed by atoms with E-state index in [0.717, 1.165) is 13.1 Å². The Balaban J connectivity index is 2.24. The summed E-state index contributed by atoms with van der Waals surface area (Å²) in [5.41, 5.74) is 3.21. The highest BCUT2D eigenvalue weighted by atomic mass is 16.5. The van der Waals surface area contributed by atoms with Gasteiger partial charge in [-0.15, -0.1) is 0 Å². The monoisotopic (exact) mass is 219 g/mol. The van der Waals surface area contributed by atoms with E-state index in [4.69, 9.17) is 4.74 Å². The Labute approximate surface area is 96.0 Å². The van der Waals surface area contributed by atoms with Crippen molar-refractivity contribution in [3.63, 3.8) is 0 Å². The normalized spacial score (nSPS) is 15.2. The Hall–Kier alpha value is -1.35. The first-order valence-corrected chi connectivity index (χ1v) is 5.56. The summed E-state index contributed by atoms with van der Waals surface area (Å²) < 4.78 is 4.72. The van der Waals surface area contributed by atoms with Crippen molar-refractivity contribution < 1.29 is 9.53 Å². The van der Waals surface area contributed by atoms with Gasteiger partial charge in [0.05, 0.1) is 12.7 Å². The van der Waals surface area contributed by atoms with E-state index in [1.54, 1.807) is 0 Å². The maximum Gasteiger partial charge on any atom is 0.337 e. The molecule has 1 aromatic rings. The SMILES string of the molecule is COC(=O)c1ccc2c(c1)CN(C(C)C)C2. The van der Waals surface area contributed by atoms with Crippen LogP contribution >= 0.6 is 0 Å². The van der Waals surface area contributed by atoms with E-state index < -0.39 is 0 Å². The zero-order chi connectivity index (χ0) is 11.7. The summed E-state index contributed by atoms with van der Waals surface area (Å²) in [5.74, 6) is -0.259. The third-order valence-corrected chi connectivity index (χ3v) is 3.10. The predicted octanol–water partition coefficient (Wildman–Crippen LogP) is 2.20. The Morgan fingerprint density at radius 2 is 2.00 bits per heavy atom. The van der Waals surface area contributed by atoms with Crippen LogP contribution < -0.4 is 0 Å². The lowest BCUT2D eigenvalue weighted by Crippen LogP contribution is -2.24. The molecule has 0 N–H and O–H groups in total. The van der Waals surface area contributed by atoms with Gasteiger partial charge in [0.2, 0.25) is 0 Å². The van der Waals surface area contributed by atoms with Gasteiger partial charge in [0.15, 0.2) is 0 Å². The zero-order valence-electron chi connectivity index (χ0n) is 9.99. The summed E-state index contributed by atoms with van der Waals surface area (Å²) >= 11 is 0. The van der Waals surface area contributed by atoms with Crippen molar-refractivity contribution in [2.75, 3.05) is 7.11 Å². The van der Waals surface area contributed by atoms with Crippen LogP contribution in [0.2, 0.25) is 0 Å². The molecule has 0 spiro atoms. The highest BCUT2D eigenvalue weighted by Gasteiger charge is 2.21. The Morgan fingerprint density at radius 1 is 1.31 bits per heavy atom. The van der Waals surface area contributed by atoms with Gasteiger partial charge in [-0.2, -0.15) is 0 Å². The van der Waals surface area contributed by atoms with Crippen LogP contribution in [0.4, 0.5) is 0 Å². The average molecular weight is 219 g/mol. The maximum atomic E-state index is 11.4. The van der Waals surface area contributed by atoms with Gasteiger partial charge in [-0.25, -0.2) is 4.79 Å². The molecule has 0 bridgehead atoms. The maximum absolute atomic E-state index is 11.4. The van der Waals surface area contributed by atoms with Crippen molar-refractivity contribution >= 4 is 5.97 Å². The molecular weight excluding hydrogens is 202 g/mol. The van der Waals surface area contributed by atoms with Gasteiger partial charge >= 0.3 is 5.97 Å². The van der Waals surface area contributed by atoms with Crippen LogP contribution in [0.15, 0.2) is 18.2 Å². The van der Waals surface area contributed by atoms with Gasteiger partial charge in [0.25, 0.3) is 0 Å². The van der Waals surface area contributed by atoms with E-state index in [0.29, 0.717) is 11.6 Å². The van der Waals surface area contributed by atoms with E-state index in [2.05, 4.69) is 18.7 Å². The number of rotatable bonds is 2. The molecule has 3 heteroatoms. The second kappa shape index (κ2) is 4.26. The van der Waals surface area contributed by atoms with Gasteiger partial charge in [0.1, 0.15) is 0 Å². The number of ether oxygens (including phenoxy) is 1. The molecule has 0 fully saturated rings. The van der Waals surface area contributed by atoms with E-state index >= 15 is 0 Å². The highest BCUT2D eigenvalue weighted by Crippen LogP contribution is 2.25. The fourth-order valence-electron chi connectivity index (χ4n) is 2.03. The van der Waals surface area contributed by atoms with Crippen LogP contribution in [-0.2, 0) is 17.8 Å². The largest absolute Gasteiger partial charge is 0.465 e. The summed E-state index contributed by atoms with van der Waals surface area (Å²) in [6, 6.07) is 6.36. The molecule has 1 heterocycles. The number of hydrogen-bond acceptors (Lipinski definition) is 3. The molecule has 1 aliphatic rings. The molecule has 0 amide bonds. The minimum absolute atomic E-state index is 0.259. The average Bonchev–Trinajstić information content (AvgIpc) is 2.70. The molecule has 16 heavy (non-hydrogen) atoms. The van der Waals surface area contributed by atoms with E-state index in [1.807, 2.05) is 18.2 Å². The van der Waals surface area contributed by atoms with Gasteiger partial charge in [-0.1, -0.05) is 6.07 Å². The lowest BCUT2D eigenvalue weighted by atomic mass is 10.1. The second-order valence-corrected chi connectivity index (χ2v) is 4.47. The zero-order valence-corrected chi connectivity index (χ0v) is 9.99. The van der Waals surface area contributed by atoms with Crippen LogP contribution in [-0.4, -0.2) is 24.0 Å². The molecule has 1 aliphatic heterocycles. The van der Waals surface area contributed by atoms with Crippen LogP contribution in [0.25, 0.3) is 0 Å². The molecular formula is C13H17NO2. The number of fused-ring (bicyclic) bond motifs is 1. The summed E-state index contributed by atoms with van der Waals surface area (Å²) in [5, 5.41) is 0. The van der Waals surface area contributed by atoms with Crippen LogP contribution in [0.3, 0.4) is 0 Å². The number of carbonyl (C=O) groups is 1. The van der Waals surface area contributed by atoms with Crippen molar-refractivity contribution in [2.45, 2.75) is 33.0 Å². The molecule has 3 nitrogen and oxygen atoms in total. The summed E-state index contributed by atoms with van der Waals surface area (Å²) in [6.45, 7) is 6.28. The molecule has 2 rings (SSSR count). The molecule has 0 saturated carbocycles. The topological polar surface area (TPSA) is 29.5 Å². The van der Waals surface area contributed by atoms with Gasteiger partial charge < -0.3 is 4.74 Å². The molecule has 0 saturated heterocycles. The lowest BCUT2D eigenvalue weighted by molar-refractivity contribution is 0.0600. The minimum atomic E-state index is -0.259. The van der Waals surface area contributed by atoms with Gasteiger partial charge in [-0.3, -0.25) is 4.90 Å². The van der Waals surface area contributed by atoms with Crippen molar-refractivity contribution in [3.05, 3.63) is 34.9 Å². The second-order valence-electron chi connectivity index (χ2n) is 4.47. The van der Waals surface area contributed by atoms with Gasteiger partial charge in [0, 0.05) is 19.1 Å². The van der Waals surface area contributed by atoms with Crippen LogP contribution in [0.1, 0.15) is 35.3 Å². The highest BCUT2D eigenvalue weighted by molar-refractivity contribution is 5.89. The van der Waals surface area contributed by atoms with Crippen LogP contribution in [0, 0.1) is 0 Å². The quantitative estimate of drug-likeness (QED) is 0.714. The first kappa shape index (κ1) is 11.1. The van der Waals surface area contributed by atoms with Crippen molar-refractivity contribution in [1.29, 1.82) is 0 Å². The fraction of sp³-hybridized carbons (Fsp3) is 0.462. The summed E-state index contributed by atoms with van der Waals surface area (Å²) in [6.07, 6.45) is 0. The molecule has 0 aromatic heterocycles. The first-order chi connectivity index (χ1) is 7.61. The third kappa shape index (κ3) is 1.95. The van der Waals surface area contributed by atoms with Crippen molar-refractivity contribution in [2.24, 2.45) is 0 Å². The van der Waals surface area contributed by atoms with Crippen molar-refractivity contribution in [3.8, 4) is 0 Å². The standard InChI is InChI=1S/C13H17NO2/c1-9(2)14-7-11-5-4-10(13(15)16-3)6-12(11)8-14/h4-6,9H,7-8H2,1-3H3. The van der Waals surface area contributed by atoms with E-state index in [-0.39, 0.29) is 5.97 Å². The number of methoxy groups -OCH3 is 1. The summed E-state index contributed by atoms with van der Waals surface area (Å²) in [7, 11) is 1.41. The number of benzene rings is 1. The number of hydrogen-bond donors (Lipinski definition) is 0. The summed E-state index contributed by atoms with van der Waals surface area (Å²) in [4.78, 5) is 13.8. The van der Waals surface area contributed by atoms with Crippen LogP contribution in [0.5, 0.6) is 0 Å². The predicted molar refractivity (Wildman–Crippen MR) is 62.2 cm³/mol. The Kier molecular flexibility index (Phi) is 2.97. The molecule has 1 aromatic carbocycles. The lowest BCUT2D eigenvalue weighted by Gasteiger charge is -2.18. The smallest absolute Gasteiger partial charge is 0.337 e. The van der Waals surface area contributed by atoms with Crippen molar-refractivity contribution in [1.82, 2.24) is 4.90 Å². The first-order valence-electron chi connectivity index (χ1n) is 5.56. The molecule has 0 radical (unpaired) electrons. The Morgan fingerprint density at radius 3 is 2.62 bits per heavy atom. The number of nitrogens with zero attached hydrogens (tertiary/aromatic N) is 1. The molecule has 0 unspecified atom stereocenters.